The molecule has 0 unspecified atom stereocenters. The molecule has 0 atom stereocenters. The summed E-state index contributed by atoms with van der Waals surface area (Å²) >= 11 is 1.44. The highest BCUT2D eigenvalue weighted by molar-refractivity contribution is 7.20. The molecule has 158 valence electrons. The van der Waals surface area contributed by atoms with Crippen LogP contribution in [-0.4, -0.2) is 66.8 Å². The second-order valence-electron chi connectivity index (χ2n) is 7.71. The lowest BCUT2D eigenvalue weighted by molar-refractivity contribution is 0.0331. The number of rotatable bonds is 5. The molecular weight excluding hydrogens is 388 g/mol. The summed E-state index contributed by atoms with van der Waals surface area (Å²) in [6, 6.07) is 0. The first kappa shape index (κ1) is 20.5. The van der Waals surface area contributed by atoms with Crippen molar-refractivity contribution in [2.45, 2.75) is 46.1 Å². The summed E-state index contributed by atoms with van der Waals surface area (Å²) in [5, 5.41) is 1.02. The molecule has 2 fully saturated rings. The van der Waals surface area contributed by atoms with Crippen LogP contribution in [0.25, 0.3) is 10.2 Å². The van der Waals surface area contributed by atoms with Gasteiger partial charge in [-0.3, -0.25) is 4.90 Å². The lowest BCUT2D eigenvalue weighted by Gasteiger charge is -2.27. The van der Waals surface area contributed by atoms with Crippen molar-refractivity contribution >= 4 is 33.3 Å². The molecule has 4 heterocycles. The molecule has 2 aliphatic heterocycles. The number of nitrogens with zero attached hydrogens (tertiary/aromatic N) is 4. The van der Waals surface area contributed by atoms with Gasteiger partial charge in [0.1, 0.15) is 21.3 Å². The molecule has 2 aliphatic rings. The number of thiophene rings is 1. The third-order valence-corrected chi connectivity index (χ3v) is 6.82. The van der Waals surface area contributed by atoms with Gasteiger partial charge in [0.2, 0.25) is 0 Å². The van der Waals surface area contributed by atoms with Crippen molar-refractivity contribution in [3.63, 3.8) is 0 Å². The summed E-state index contributed by atoms with van der Waals surface area (Å²) in [6.45, 7) is 10.3. The first-order valence-electron chi connectivity index (χ1n) is 10.7. The molecule has 0 saturated carbocycles. The van der Waals surface area contributed by atoms with Crippen LogP contribution in [0.2, 0.25) is 0 Å². The number of ether oxygens (including phenoxy) is 2. The fourth-order valence-corrected chi connectivity index (χ4v) is 5.18. The Labute approximate surface area is 176 Å². The molecule has 8 heteroatoms. The van der Waals surface area contributed by atoms with E-state index < -0.39 is 0 Å². The minimum atomic E-state index is -0.260. The van der Waals surface area contributed by atoms with Crippen LogP contribution in [0, 0.1) is 6.92 Å². The molecular formula is C21H30N4O3S. The maximum absolute atomic E-state index is 12.5. The number of aromatic nitrogens is 2. The highest BCUT2D eigenvalue weighted by Gasteiger charge is 2.25. The van der Waals surface area contributed by atoms with E-state index in [9.17, 15) is 4.79 Å². The van der Waals surface area contributed by atoms with Gasteiger partial charge in [-0.2, -0.15) is 0 Å². The zero-order valence-electron chi connectivity index (χ0n) is 17.4. The van der Waals surface area contributed by atoms with E-state index in [-0.39, 0.29) is 5.97 Å². The Kier molecular flexibility index (Phi) is 6.62. The quantitative estimate of drug-likeness (QED) is 0.690. The Balaban J connectivity index is 1.75. The van der Waals surface area contributed by atoms with Crippen LogP contribution in [0.4, 0.5) is 5.82 Å². The molecule has 2 aromatic rings. The number of aryl methyl sites for hydroxylation is 1. The summed E-state index contributed by atoms with van der Waals surface area (Å²) in [7, 11) is 0. The molecule has 2 aromatic heterocycles. The third-order valence-electron chi connectivity index (χ3n) is 5.65. The van der Waals surface area contributed by atoms with E-state index in [1.807, 2.05) is 13.8 Å². The third kappa shape index (κ3) is 4.54. The highest BCUT2D eigenvalue weighted by Crippen LogP contribution is 2.36. The molecule has 29 heavy (non-hydrogen) atoms. The van der Waals surface area contributed by atoms with E-state index in [0.717, 1.165) is 66.8 Å². The van der Waals surface area contributed by atoms with E-state index >= 15 is 0 Å². The van der Waals surface area contributed by atoms with Crippen LogP contribution in [0.1, 0.15) is 53.7 Å². The highest BCUT2D eigenvalue weighted by atomic mass is 32.1. The van der Waals surface area contributed by atoms with Crippen LogP contribution >= 0.6 is 11.3 Å². The lowest BCUT2D eigenvalue weighted by Crippen LogP contribution is -2.36. The number of anilines is 1. The predicted octanol–water partition coefficient (Wildman–Crippen LogP) is 3.39. The van der Waals surface area contributed by atoms with Crippen molar-refractivity contribution in [3.8, 4) is 0 Å². The number of hydrogen-bond acceptors (Lipinski definition) is 8. The largest absolute Gasteiger partial charge is 0.462 e. The van der Waals surface area contributed by atoms with Gasteiger partial charge in [0.05, 0.1) is 31.8 Å². The van der Waals surface area contributed by atoms with Gasteiger partial charge in [-0.25, -0.2) is 14.8 Å². The van der Waals surface area contributed by atoms with E-state index in [1.165, 1.54) is 37.0 Å². The molecule has 0 spiro atoms. The molecule has 4 rings (SSSR count). The smallest absolute Gasteiger partial charge is 0.348 e. The Morgan fingerprint density at radius 1 is 1.10 bits per heavy atom. The second-order valence-corrected chi connectivity index (χ2v) is 8.71. The number of esters is 1. The van der Waals surface area contributed by atoms with Crippen molar-refractivity contribution < 1.29 is 14.3 Å². The molecule has 2 saturated heterocycles. The van der Waals surface area contributed by atoms with Crippen LogP contribution in [-0.2, 0) is 16.0 Å². The monoisotopic (exact) mass is 418 g/mol. The molecule has 0 amide bonds. The summed E-state index contributed by atoms with van der Waals surface area (Å²) < 4.78 is 10.8. The Bertz CT molecular complexity index is 855. The van der Waals surface area contributed by atoms with Gasteiger partial charge in [0.25, 0.3) is 0 Å². The van der Waals surface area contributed by atoms with E-state index in [4.69, 9.17) is 19.4 Å². The lowest BCUT2D eigenvalue weighted by atomic mass is 10.2. The number of hydrogen-bond donors (Lipinski definition) is 0. The van der Waals surface area contributed by atoms with Crippen LogP contribution in [0.15, 0.2) is 0 Å². The van der Waals surface area contributed by atoms with Gasteiger partial charge in [-0.05, 0) is 32.3 Å². The van der Waals surface area contributed by atoms with Gasteiger partial charge < -0.3 is 14.4 Å². The maximum Gasteiger partial charge on any atom is 0.348 e. The van der Waals surface area contributed by atoms with Crippen LogP contribution in [0.5, 0.6) is 0 Å². The van der Waals surface area contributed by atoms with E-state index in [0.29, 0.717) is 18.0 Å². The van der Waals surface area contributed by atoms with Gasteiger partial charge in [-0.15, -0.1) is 11.3 Å². The maximum atomic E-state index is 12.5. The Morgan fingerprint density at radius 3 is 2.52 bits per heavy atom. The van der Waals surface area contributed by atoms with Crippen molar-refractivity contribution in [2.75, 3.05) is 50.9 Å². The minimum Gasteiger partial charge on any atom is -0.462 e. The standard InChI is InChI=1S/C21H30N4O3S/c1-3-28-21(26)18-15(2)17-19(25-8-6-4-5-7-9-25)22-16(23-20(17)29-18)14-24-10-12-27-13-11-24/h3-14H2,1-2H3. The zero-order chi connectivity index (χ0) is 20.2. The van der Waals surface area contributed by atoms with Gasteiger partial charge in [-0.1, -0.05) is 12.8 Å². The summed E-state index contributed by atoms with van der Waals surface area (Å²) in [5.41, 5.74) is 0.945. The molecule has 0 radical (unpaired) electrons. The zero-order valence-corrected chi connectivity index (χ0v) is 18.2. The van der Waals surface area contributed by atoms with Crippen LogP contribution < -0.4 is 4.90 Å². The van der Waals surface area contributed by atoms with E-state index in [1.54, 1.807) is 0 Å². The van der Waals surface area contributed by atoms with E-state index in [2.05, 4.69) is 9.80 Å². The average Bonchev–Trinajstić information content (AvgIpc) is 2.90. The number of carbonyl (C=O) groups excluding carboxylic acids is 1. The van der Waals surface area contributed by atoms with Crippen molar-refractivity contribution in [1.29, 1.82) is 0 Å². The average molecular weight is 419 g/mol. The molecule has 0 aromatic carbocycles. The summed E-state index contributed by atoms with van der Waals surface area (Å²) in [5.74, 6) is 1.56. The molecule has 7 nitrogen and oxygen atoms in total. The fourth-order valence-electron chi connectivity index (χ4n) is 4.09. The normalized spacial score (nSPS) is 18.8. The SMILES string of the molecule is CCOC(=O)c1sc2nc(CN3CCOCC3)nc(N3CCCCCC3)c2c1C. The number of morpholine rings is 1. The summed E-state index contributed by atoms with van der Waals surface area (Å²) in [6.07, 6.45) is 4.89. The van der Waals surface area contributed by atoms with Crippen molar-refractivity contribution in [1.82, 2.24) is 14.9 Å². The van der Waals surface area contributed by atoms with Gasteiger partial charge in [0.15, 0.2) is 0 Å². The first-order valence-corrected chi connectivity index (χ1v) is 11.5. The second kappa shape index (κ2) is 9.36. The van der Waals surface area contributed by atoms with Crippen molar-refractivity contribution in [2.24, 2.45) is 0 Å². The van der Waals surface area contributed by atoms with Crippen molar-refractivity contribution in [3.05, 3.63) is 16.3 Å². The molecule has 0 aliphatic carbocycles. The Morgan fingerprint density at radius 2 is 1.83 bits per heavy atom. The first-order chi connectivity index (χ1) is 14.2. The minimum absolute atomic E-state index is 0.260. The predicted molar refractivity (Wildman–Crippen MR) is 115 cm³/mol. The van der Waals surface area contributed by atoms with Gasteiger partial charge >= 0.3 is 5.97 Å². The number of carbonyl (C=O) groups is 1. The Hall–Kier alpha value is -1.77. The molecule has 0 N–H and O–H groups in total. The van der Waals surface area contributed by atoms with Crippen LogP contribution in [0.3, 0.4) is 0 Å². The van der Waals surface area contributed by atoms with Gasteiger partial charge in [0, 0.05) is 26.2 Å². The topological polar surface area (TPSA) is 67.8 Å². The number of fused-ring (bicyclic) bond motifs is 1. The fraction of sp³-hybridized carbons (Fsp3) is 0.667. The molecule has 0 bridgehead atoms. The summed E-state index contributed by atoms with van der Waals surface area (Å²) in [4.78, 5) is 28.6.